The van der Waals surface area contributed by atoms with Crippen LogP contribution in [0.2, 0.25) is 0 Å². The molecule has 0 saturated heterocycles. The van der Waals surface area contributed by atoms with Gasteiger partial charge in [-0.15, -0.1) is 0 Å². The minimum absolute atomic E-state index is 0.0221. The fourth-order valence-electron chi connectivity index (χ4n) is 2.25. The van der Waals surface area contributed by atoms with Crippen LogP contribution in [0, 0.1) is 0 Å². The first-order chi connectivity index (χ1) is 11.6. The van der Waals surface area contributed by atoms with E-state index in [0.29, 0.717) is 13.1 Å². The molecule has 0 unspecified atom stereocenters. The molecule has 0 amide bonds. The minimum atomic E-state index is -0.0221. The van der Waals surface area contributed by atoms with Gasteiger partial charge in [0, 0.05) is 36.6 Å². The van der Waals surface area contributed by atoms with E-state index in [1.165, 1.54) is 11.1 Å². The first-order valence-electron chi connectivity index (χ1n) is 8.09. The quantitative estimate of drug-likeness (QED) is 0.724. The van der Waals surface area contributed by atoms with Crippen molar-refractivity contribution in [1.82, 2.24) is 10.6 Å². The van der Waals surface area contributed by atoms with Gasteiger partial charge in [0.1, 0.15) is 0 Å². The van der Waals surface area contributed by atoms with Crippen LogP contribution in [-0.4, -0.2) is 5.78 Å². The Bertz CT molecular complexity index is 642. The number of carbonyl (C=O) groups is 1. The van der Waals surface area contributed by atoms with Gasteiger partial charge in [-0.3, -0.25) is 4.79 Å². The molecule has 2 N–H and O–H groups in total. The fraction of sp³-hybridized carbons (Fsp3) is 0.190. The summed E-state index contributed by atoms with van der Waals surface area (Å²) in [4.78, 5) is 12.1. The lowest BCUT2D eigenvalue weighted by Gasteiger charge is -2.07. The lowest BCUT2D eigenvalue weighted by Crippen LogP contribution is -2.13. The van der Waals surface area contributed by atoms with Gasteiger partial charge in [-0.1, -0.05) is 60.7 Å². The zero-order valence-electron chi connectivity index (χ0n) is 14.3. The highest BCUT2D eigenvalue weighted by Gasteiger charge is 1.98. The Morgan fingerprint density at radius 1 is 0.750 bits per heavy atom. The molecule has 0 aliphatic carbocycles. The summed E-state index contributed by atoms with van der Waals surface area (Å²) in [6.45, 7) is 5.24. The van der Waals surface area contributed by atoms with E-state index in [2.05, 4.69) is 34.9 Å². The number of rotatable bonds is 8. The van der Waals surface area contributed by atoms with Crippen molar-refractivity contribution in [3.63, 3.8) is 0 Å². The summed E-state index contributed by atoms with van der Waals surface area (Å²) in [5.41, 5.74) is 4.09. The van der Waals surface area contributed by atoms with Gasteiger partial charge in [-0.05, 0) is 25.0 Å². The minimum Gasteiger partial charge on any atom is -0.384 e. The molecule has 3 heteroatoms. The van der Waals surface area contributed by atoms with E-state index in [9.17, 15) is 4.79 Å². The Hall–Kier alpha value is -2.81. The largest absolute Gasteiger partial charge is 0.384 e. The molecule has 2 aromatic rings. The molecule has 0 saturated carbocycles. The standard InChI is InChI=1S/C21H24N2O/c1-17(22-15-19-9-5-3-6-10-19)13-21(24)14-18(2)23-16-20-11-7-4-8-12-20/h3-14,22-23H,15-16H2,1-2H3. The molecule has 24 heavy (non-hydrogen) atoms. The number of hydrogen-bond acceptors (Lipinski definition) is 3. The van der Waals surface area contributed by atoms with Crippen LogP contribution in [0.1, 0.15) is 25.0 Å². The summed E-state index contributed by atoms with van der Waals surface area (Å²) >= 11 is 0. The second-order valence-corrected chi connectivity index (χ2v) is 5.74. The molecule has 0 spiro atoms. The van der Waals surface area contributed by atoms with Crippen LogP contribution in [0.15, 0.2) is 84.2 Å². The van der Waals surface area contributed by atoms with Crippen LogP contribution in [0.3, 0.4) is 0 Å². The van der Waals surface area contributed by atoms with Crippen molar-refractivity contribution in [3.8, 4) is 0 Å². The van der Waals surface area contributed by atoms with Gasteiger partial charge in [0.05, 0.1) is 0 Å². The molecule has 2 rings (SSSR count). The average molecular weight is 320 g/mol. The van der Waals surface area contributed by atoms with Gasteiger partial charge < -0.3 is 10.6 Å². The molecular weight excluding hydrogens is 296 g/mol. The Morgan fingerprint density at radius 2 is 1.12 bits per heavy atom. The van der Waals surface area contributed by atoms with Gasteiger partial charge in [-0.2, -0.15) is 0 Å². The summed E-state index contributed by atoms with van der Waals surface area (Å²) < 4.78 is 0. The second kappa shape index (κ2) is 9.36. The topological polar surface area (TPSA) is 41.1 Å². The Balaban J connectivity index is 1.81. The van der Waals surface area contributed by atoms with E-state index < -0.39 is 0 Å². The van der Waals surface area contributed by atoms with Gasteiger partial charge in [-0.25, -0.2) is 0 Å². The van der Waals surface area contributed by atoms with Crippen LogP contribution >= 0.6 is 0 Å². The van der Waals surface area contributed by atoms with E-state index in [1.54, 1.807) is 12.2 Å². The van der Waals surface area contributed by atoms with Crippen molar-refractivity contribution < 1.29 is 4.79 Å². The third-order valence-corrected chi connectivity index (χ3v) is 3.55. The second-order valence-electron chi connectivity index (χ2n) is 5.74. The van der Waals surface area contributed by atoms with E-state index >= 15 is 0 Å². The number of benzene rings is 2. The van der Waals surface area contributed by atoms with Crippen molar-refractivity contribution in [2.75, 3.05) is 0 Å². The molecule has 2 aromatic carbocycles. The normalized spacial score (nSPS) is 11.9. The van der Waals surface area contributed by atoms with E-state index in [4.69, 9.17) is 0 Å². The molecule has 3 nitrogen and oxygen atoms in total. The smallest absolute Gasteiger partial charge is 0.182 e. The number of ketones is 1. The van der Waals surface area contributed by atoms with Crippen molar-refractivity contribution in [2.45, 2.75) is 26.9 Å². The van der Waals surface area contributed by atoms with E-state index in [1.807, 2.05) is 50.2 Å². The summed E-state index contributed by atoms with van der Waals surface area (Å²) in [6, 6.07) is 20.2. The maximum atomic E-state index is 12.1. The van der Waals surface area contributed by atoms with Crippen molar-refractivity contribution in [3.05, 3.63) is 95.3 Å². The lowest BCUT2D eigenvalue weighted by molar-refractivity contribution is -0.110. The zero-order chi connectivity index (χ0) is 17.2. The molecule has 0 aliphatic heterocycles. The molecule has 0 aromatic heterocycles. The van der Waals surface area contributed by atoms with E-state index in [-0.39, 0.29) is 5.78 Å². The van der Waals surface area contributed by atoms with Crippen molar-refractivity contribution in [1.29, 1.82) is 0 Å². The van der Waals surface area contributed by atoms with Gasteiger partial charge in [0.15, 0.2) is 5.78 Å². The van der Waals surface area contributed by atoms with Gasteiger partial charge in [0.25, 0.3) is 0 Å². The van der Waals surface area contributed by atoms with Crippen LogP contribution < -0.4 is 10.6 Å². The summed E-state index contributed by atoms with van der Waals surface area (Å²) in [7, 11) is 0. The molecule has 0 atom stereocenters. The first kappa shape index (κ1) is 17.5. The SMILES string of the molecule is CC(=CC(=O)C=C(C)NCc1ccccc1)NCc1ccccc1. The highest BCUT2D eigenvalue weighted by atomic mass is 16.1. The molecule has 0 heterocycles. The average Bonchev–Trinajstić information content (AvgIpc) is 2.60. The summed E-state index contributed by atoms with van der Waals surface area (Å²) in [5.74, 6) is -0.0221. The number of carbonyl (C=O) groups excluding carboxylic acids is 1. The Labute approximate surface area is 144 Å². The highest BCUT2D eigenvalue weighted by Crippen LogP contribution is 2.01. The predicted octanol–water partition coefficient (Wildman–Crippen LogP) is 3.94. The maximum absolute atomic E-state index is 12.1. The Kier molecular flexibility index (Phi) is 6.84. The third-order valence-electron chi connectivity index (χ3n) is 3.55. The number of nitrogens with one attached hydrogen (secondary N) is 2. The Morgan fingerprint density at radius 3 is 1.50 bits per heavy atom. The number of allylic oxidation sites excluding steroid dienone is 4. The predicted molar refractivity (Wildman–Crippen MR) is 99.1 cm³/mol. The van der Waals surface area contributed by atoms with Gasteiger partial charge >= 0.3 is 0 Å². The summed E-state index contributed by atoms with van der Waals surface area (Å²) in [5, 5.41) is 6.50. The molecular formula is C21H24N2O. The van der Waals surface area contributed by atoms with Crippen LogP contribution in [0.4, 0.5) is 0 Å². The molecule has 0 bridgehead atoms. The fourth-order valence-corrected chi connectivity index (χ4v) is 2.25. The zero-order valence-corrected chi connectivity index (χ0v) is 14.3. The molecule has 124 valence electrons. The van der Waals surface area contributed by atoms with Crippen LogP contribution in [0.5, 0.6) is 0 Å². The van der Waals surface area contributed by atoms with E-state index in [0.717, 1.165) is 11.4 Å². The summed E-state index contributed by atoms with van der Waals surface area (Å²) in [6.07, 6.45) is 3.24. The lowest BCUT2D eigenvalue weighted by atomic mass is 10.2. The van der Waals surface area contributed by atoms with Crippen LogP contribution in [-0.2, 0) is 17.9 Å². The van der Waals surface area contributed by atoms with Crippen molar-refractivity contribution >= 4 is 5.78 Å². The third kappa shape index (κ3) is 6.53. The molecule has 0 fully saturated rings. The highest BCUT2D eigenvalue weighted by molar-refractivity contribution is 5.99. The van der Waals surface area contributed by atoms with Gasteiger partial charge in [0.2, 0.25) is 0 Å². The van der Waals surface area contributed by atoms with Crippen LogP contribution in [0.25, 0.3) is 0 Å². The molecule has 0 aliphatic rings. The monoisotopic (exact) mass is 320 g/mol. The number of hydrogen-bond donors (Lipinski definition) is 2. The first-order valence-corrected chi connectivity index (χ1v) is 8.09. The van der Waals surface area contributed by atoms with Crippen molar-refractivity contribution in [2.24, 2.45) is 0 Å². The maximum Gasteiger partial charge on any atom is 0.182 e. The molecule has 0 radical (unpaired) electrons.